The molecule has 1 N–H and O–H groups in total. The van der Waals surface area contributed by atoms with Crippen LogP contribution in [-0.4, -0.2) is 28.0 Å². The Morgan fingerprint density at radius 2 is 1.33 bits per heavy atom. The Labute approximate surface area is 132 Å². The maximum atomic E-state index is 6.47. The zero-order chi connectivity index (χ0) is 15.0. The van der Waals surface area contributed by atoms with Gasteiger partial charge in [0, 0.05) is 24.8 Å². The van der Waals surface area contributed by atoms with Crippen molar-refractivity contribution in [2.24, 2.45) is 0 Å². The van der Waals surface area contributed by atoms with E-state index in [1.54, 1.807) is 0 Å². The molecule has 4 heteroatoms. The molecule has 0 unspecified atom stereocenters. The lowest BCUT2D eigenvalue weighted by Gasteiger charge is -2.39. The molecule has 21 heavy (non-hydrogen) atoms. The second-order valence-corrected chi connectivity index (χ2v) is 9.84. The SMILES string of the molecule is CCCO[Si](NC1CCCCC1)(OCCC)C1CCCC1. The first-order valence-corrected chi connectivity index (χ1v) is 11.3. The number of hydrogen-bond acceptors (Lipinski definition) is 3. The molecule has 2 rings (SSSR count). The average molecular weight is 314 g/mol. The van der Waals surface area contributed by atoms with Crippen LogP contribution < -0.4 is 4.98 Å². The van der Waals surface area contributed by atoms with E-state index in [4.69, 9.17) is 8.85 Å². The summed E-state index contributed by atoms with van der Waals surface area (Å²) in [7, 11) is -2.24. The molecule has 0 atom stereocenters. The first-order valence-electron chi connectivity index (χ1n) is 9.36. The molecule has 0 spiro atoms. The summed E-state index contributed by atoms with van der Waals surface area (Å²) < 4.78 is 12.9. The van der Waals surface area contributed by atoms with Crippen LogP contribution in [0.15, 0.2) is 0 Å². The molecule has 2 saturated carbocycles. The largest absolute Gasteiger partial charge is 0.428 e. The summed E-state index contributed by atoms with van der Waals surface area (Å²) in [6.07, 6.45) is 14.3. The van der Waals surface area contributed by atoms with E-state index < -0.39 is 8.72 Å². The smallest absolute Gasteiger partial charge is 0.383 e. The van der Waals surface area contributed by atoms with E-state index in [2.05, 4.69) is 18.8 Å². The van der Waals surface area contributed by atoms with Crippen LogP contribution in [0.4, 0.5) is 0 Å². The van der Waals surface area contributed by atoms with Crippen molar-refractivity contribution in [1.29, 1.82) is 0 Å². The van der Waals surface area contributed by atoms with Crippen molar-refractivity contribution in [3.8, 4) is 0 Å². The average Bonchev–Trinajstić information content (AvgIpc) is 3.06. The zero-order valence-corrected chi connectivity index (χ0v) is 15.2. The summed E-state index contributed by atoms with van der Waals surface area (Å²) in [5.74, 6) is 0. The van der Waals surface area contributed by atoms with E-state index in [1.807, 2.05) is 0 Å². The van der Waals surface area contributed by atoms with Crippen LogP contribution in [0.2, 0.25) is 5.54 Å². The first kappa shape index (κ1) is 17.5. The van der Waals surface area contributed by atoms with Gasteiger partial charge in [-0.3, -0.25) is 4.98 Å². The highest BCUT2D eigenvalue weighted by atomic mass is 28.4. The minimum atomic E-state index is -2.24. The Morgan fingerprint density at radius 3 is 1.86 bits per heavy atom. The normalized spacial score (nSPS) is 22.0. The Kier molecular flexibility index (Phi) is 7.71. The molecule has 0 amide bonds. The Balaban J connectivity index is 2.06. The summed E-state index contributed by atoms with van der Waals surface area (Å²) in [4.78, 5) is 3.98. The monoisotopic (exact) mass is 313 g/mol. The van der Waals surface area contributed by atoms with E-state index in [1.165, 1.54) is 57.8 Å². The highest BCUT2D eigenvalue weighted by Crippen LogP contribution is 2.39. The van der Waals surface area contributed by atoms with Gasteiger partial charge in [0.15, 0.2) is 0 Å². The Morgan fingerprint density at radius 1 is 0.810 bits per heavy atom. The molecule has 2 aliphatic rings. The standard InChI is InChI=1S/C17H35NO2Si/c1-3-14-19-21(20-15-4-2,17-12-8-9-13-17)18-16-10-6-5-7-11-16/h16-18H,3-15H2,1-2H3. The van der Waals surface area contributed by atoms with E-state index in [0.717, 1.165) is 26.1 Å². The van der Waals surface area contributed by atoms with Gasteiger partial charge in [-0.05, 0) is 38.5 Å². The van der Waals surface area contributed by atoms with E-state index >= 15 is 0 Å². The molecule has 3 nitrogen and oxygen atoms in total. The number of nitrogens with one attached hydrogen (secondary N) is 1. The molecule has 2 aliphatic carbocycles. The van der Waals surface area contributed by atoms with Gasteiger partial charge in [-0.2, -0.15) is 0 Å². The fourth-order valence-electron chi connectivity index (χ4n) is 3.82. The van der Waals surface area contributed by atoms with Gasteiger partial charge in [-0.1, -0.05) is 46.0 Å². The number of rotatable bonds is 9. The highest BCUT2D eigenvalue weighted by molar-refractivity contribution is 6.66. The van der Waals surface area contributed by atoms with Crippen LogP contribution in [0.3, 0.4) is 0 Å². The Bertz CT molecular complexity index is 268. The summed E-state index contributed by atoms with van der Waals surface area (Å²) in [6, 6.07) is 0.639. The summed E-state index contributed by atoms with van der Waals surface area (Å²) >= 11 is 0. The maximum Gasteiger partial charge on any atom is 0.428 e. The molecule has 0 radical (unpaired) electrons. The van der Waals surface area contributed by atoms with E-state index in [0.29, 0.717) is 11.6 Å². The van der Waals surface area contributed by atoms with Crippen LogP contribution in [0, 0.1) is 0 Å². The predicted octanol–water partition coefficient (Wildman–Crippen LogP) is 4.65. The molecule has 0 heterocycles. The molecule has 2 fully saturated rings. The summed E-state index contributed by atoms with van der Waals surface area (Å²) in [5, 5.41) is 0. The van der Waals surface area contributed by atoms with Gasteiger partial charge in [0.05, 0.1) is 0 Å². The molecular weight excluding hydrogens is 278 g/mol. The third-order valence-electron chi connectivity index (χ3n) is 4.94. The molecule has 124 valence electrons. The van der Waals surface area contributed by atoms with Crippen LogP contribution in [0.1, 0.15) is 84.5 Å². The second kappa shape index (κ2) is 9.28. The fourth-order valence-corrected chi connectivity index (χ4v) is 7.82. The van der Waals surface area contributed by atoms with Crippen molar-refractivity contribution in [2.75, 3.05) is 13.2 Å². The molecule has 0 saturated heterocycles. The Hall–Kier alpha value is 0.0969. The first-order chi connectivity index (χ1) is 10.3. The fraction of sp³-hybridized carbons (Fsp3) is 1.00. The molecule has 0 aromatic carbocycles. The zero-order valence-electron chi connectivity index (χ0n) is 14.2. The van der Waals surface area contributed by atoms with Crippen LogP contribution >= 0.6 is 0 Å². The minimum absolute atomic E-state index is 0.639. The van der Waals surface area contributed by atoms with Gasteiger partial charge in [-0.25, -0.2) is 0 Å². The van der Waals surface area contributed by atoms with Crippen molar-refractivity contribution in [3.05, 3.63) is 0 Å². The van der Waals surface area contributed by atoms with Gasteiger partial charge in [0.1, 0.15) is 0 Å². The quantitative estimate of drug-likeness (QED) is 0.629. The topological polar surface area (TPSA) is 30.5 Å². The van der Waals surface area contributed by atoms with Crippen LogP contribution in [0.25, 0.3) is 0 Å². The lowest BCUT2D eigenvalue weighted by atomic mass is 9.96. The highest BCUT2D eigenvalue weighted by Gasteiger charge is 2.49. The van der Waals surface area contributed by atoms with Gasteiger partial charge >= 0.3 is 8.72 Å². The molecule has 0 aromatic rings. The van der Waals surface area contributed by atoms with Crippen molar-refractivity contribution < 1.29 is 8.85 Å². The van der Waals surface area contributed by atoms with Crippen LogP contribution in [-0.2, 0) is 8.85 Å². The molecule has 0 aliphatic heterocycles. The van der Waals surface area contributed by atoms with Crippen molar-refractivity contribution in [3.63, 3.8) is 0 Å². The molecular formula is C17H35NO2Si. The van der Waals surface area contributed by atoms with Crippen molar-refractivity contribution >= 4 is 8.72 Å². The third-order valence-corrected chi connectivity index (χ3v) is 8.67. The van der Waals surface area contributed by atoms with Gasteiger partial charge in [0.25, 0.3) is 0 Å². The predicted molar refractivity (Wildman–Crippen MR) is 90.5 cm³/mol. The third kappa shape index (κ3) is 5.05. The van der Waals surface area contributed by atoms with Gasteiger partial charge < -0.3 is 8.85 Å². The lowest BCUT2D eigenvalue weighted by Crippen LogP contribution is -2.63. The summed E-state index contributed by atoms with van der Waals surface area (Å²) in [6.45, 7) is 6.11. The lowest BCUT2D eigenvalue weighted by molar-refractivity contribution is 0.138. The van der Waals surface area contributed by atoms with Gasteiger partial charge in [0.2, 0.25) is 0 Å². The maximum absolute atomic E-state index is 6.47. The second-order valence-electron chi connectivity index (χ2n) is 6.83. The van der Waals surface area contributed by atoms with Crippen LogP contribution in [0.5, 0.6) is 0 Å². The number of hydrogen-bond donors (Lipinski definition) is 1. The minimum Gasteiger partial charge on any atom is -0.383 e. The van der Waals surface area contributed by atoms with E-state index in [-0.39, 0.29) is 0 Å². The van der Waals surface area contributed by atoms with Gasteiger partial charge in [-0.15, -0.1) is 0 Å². The molecule has 0 bridgehead atoms. The van der Waals surface area contributed by atoms with Crippen molar-refractivity contribution in [1.82, 2.24) is 4.98 Å². The van der Waals surface area contributed by atoms with Crippen molar-refractivity contribution in [2.45, 2.75) is 96.1 Å². The molecule has 0 aromatic heterocycles. The van der Waals surface area contributed by atoms with E-state index in [9.17, 15) is 0 Å². The summed E-state index contributed by atoms with van der Waals surface area (Å²) in [5.41, 5.74) is 0.664.